The number of likely N-dealkylation sites (N-methyl/N-ethyl adjacent to an activating group) is 1. The average molecular weight is 362 g/mol. The van der Waals surface area contributed by atoms with Crippen LogP contribution >= 0.6 is 0 Å². The Labute approximate surface area is 156 Å². The molecule has 0 aromatic heterocycles. The first-order valence-electron chi connectivity index (χ1n) is 10.1. The van der Waals surface area contributed by atoms with E-state index in [2.05, 4.69) is 35.9 Å². The van der Waals surface area contributed by atoms with Crippen LogP contribution in [0.15, 0.2) is 0 Å². The van der Waals surface area contributed by atoms with Crippen molar-refractivity contribution in [3.8, 4) is 0 Å². The predicted molar refractivity (Wildman–Crippen MR) is 105 cm³/mol. The zero-order valence-electron chi connectivity index (χ0n) is 17.4. The molecule has 1 heterocycles. The molecular weight excluding hydrogens is 318 g/mol. The Hall–Kier alpha value is -0.240. The smallest absolute Gasteiger partial charge is 0.0701 e. The van der Waals surface area contributed by atoms with Gasteiger partial charge < -0.3 is 19.5 Å². The van der Waals surface area contributed by atoms with Gasteiger partial charge in [-0.05, 0) is 20.4 Å². The minimum atomic E-state index is 0.645. The molecule has 0 aromatic rings. The highest BCUT2D eigenvalue weighted by Gasteiger charge is 2.17. The van der Waals surface area contributed by atoms with E-state index in [0.717, 1.165) is 45.9 Å². The van der Waals surface area contributed by atoms with Gasteiger partial charge in [0.05, 0.1) is 39.6 Å². The fourth-order valence-electron chi connectivity index (χ4n) is 2.56. The molecule has 0 aromatic carbocycles. The molecule has 1 rings (SSSR count). The molecule has 1 fully saturated rings. The van der Waals surface area contributed by atoms with E-state index in [4.69, 9.17) is 14.2 Å². The summed E-state index contributed by atoms with van der Waals surface area (Å²) < 4.78 is 16.6. The molecule has 0 aliphatic carbocycles. The summed E-state index contributed by atoms with van der Waals surface area (Å²) in [7, 11) is 0. The first-order valence-corrected chi connectivity index (χ1v) is 10.1. The highest BCUT2D eigenvalue weighted by Crippen LogP contribution is 2.05. The topological polar surface area (TPSA) is 46.2 Å². The maximum atomic E-state index is 5.64. The summed E-state index contributed by atoms with van der Waals surface area (Å²) in [6.07, 6.45) is 0. The van der Waals surface area contributed by atoms with Crippen LogP contribution in [0.5, 0.6) is 0 Å². The number of rotatable bonds is 14. The average Bonchev–Trinajstić information content (AvgIpc) is 2.64. The van der Waals surface area contributed by atoms with Crippen molar-refractivity contribution in [3.05, 3.63) is 0 Å². The van der Waals surface area contributed by atoms with E-state index in [9.17, 15) is 0 Å². The largest absolute Gasteiger partial charge is 0.378 e. The number of hydrogen-bond donors (Lipinski definition) is 1. The van der Waals surface area contributed by atoms with Crippen LogP contribution in [-0.4, -0.2) is 101 Å². The number of ether oxygens (including phenoxy) is 3. The molecule has 1 N–H and O–H groups in total. The lowest BCUT2D eigenvalue weighted by Gasteiger charge is -2.36. The monoisotopic (exact) mass is 361 g/mol. The van der Waals surface area contributed by atoms with Gasteiger partial charge in [0, 0.05) is 45.3 Å². The normalized spacial score (nSPS) is 16.1. The summed E-state index contributed by atoms with van der Waals surface area (Å²) in [5.41, 5.74) is 0. The second kappa shape index (κ2) is 18.5. The summed E-state index contributed by atoms with van der Waals surface area (Å²) in [6.45, 7) is 22.4. The van der Waals surface area contributed by atoms with E-state index in [-0.39, 0.29) is 0 Å². The molecule has 0 bridgehead atoms. The molecule has 1 aliphatic heterocycles. The van der Waals surface area contributed by atoms with Crippen molar-refractivity contribution in [2.24, 2.45) is 0 Å². The van der Waals surface area contributed by atoms with Crippen molar-refractivity contribution in [1.82, 2.24) is 15.1 Å². The molecule has 6 heteroatoms. The van der Waals surface area contributed by atoms with Crippen molar-refractivity contribution in [2.45, 2.75) is 40.7 Å². The zero-order chi connectivity index (χ0) is 18.8. The fourth-order valence-corrected chi connectivity index (χ4v) is 2.56. The summed E-state index contributed by atoms with van der Waals surface area (Å²) >= 11 is 0. The molecular formula is C19H43N3O3. The van der Waals surface area contributed by atoms with Gasteiger partial charge in [-0.2, -0.15) is 0 Å². The molecule has 0 saturated carbocycles. The summed E-state index contributed by atoms with van der Waals surface area (Å²) in [5, 5.41) is 3.22. The van der Waals surface area contributed by atoms with Gasteiger partial charge in [0.2, 0.25) is 0 Å². The van der Waals surface area contributed by atoms with Gasteiger partial charge in [0.15, 0.2) is 0 Å². The minimum Gasteiger partial charge on any atom is -0.378 e. The van der Waals surface area contributed by atoms with Crippen molar-refractivity contribution in [3.63, 3.8) is 0 Å². The number of nitrogens with one attached hydrogen (secondary N) is 1. The molecule has 25 heavy (non-hydrogen) atoms. The van der Waals surface area contributed by atoms with Crippen molar-refractivity contribution in [1.29, 1.82) is 0 Å². The highest BCUT2D eigenvalue weighted by molar-refractivity contribution is 4.73. The Balaban J connectivity index is 0.00000277. The van der Waals surface area contributed by atoms with Crippen LogP contribution in [0, 0.1) is 0 Å². The van der Waals surface area contributed by atoms with Crippen molar-refractivity contribution >= 4 is 0 Å². The molecule has 1 saturated heterocycles. The lowest BCUT2D eigenvalue weighted by atomic mass is 10.2. The molecule has 0 atom stereocenters. The molecule has 0 amide bonds. The van der Waals surface area contributed by atoms with Crippen LogP contribution in [0.1, 0.15) is 34.6 Å². The molecule has 1 aliphatic rings. The molecule has 6 nitrogen and oxygen atoms in total. The summed E-state index contributed by atoms with van der Waals surface area (Å²) in [5.74, 6) is 0. The fraction of sp³-hybridized carbons (Fsp3) is 1.00. The maximum Gasteiger partial charge on any atom is 0.0701 e. The van der Waals surface area contributed by atoms with Crippen LogP contribution in [0.25, 0.3) is 0 Å². The minimum absolute atomic E-state index is 0.645. The van der Waals surface area contributed by atoms with Crippen LogP contribution in [0.2, 0.25) is 0 Å². The van der Waals surface area contributed by atoms with E-state index < -0.39 is 0 Å². The van der Waals surface area contributed by atoms with Crippen LogP contribution in [0.4, 0.5) is 0 Å². The summed E-state index contributed by atoms with van der Waals surface area (Å²) in [4.78, 5) is 5.02. The van der Waals surface area contributed by atoms with Crippen LogP contribution in [0.3, 0.4) is 0 Å². The second-order valence-electron chi connectivity index (χ2n) is 6.16. The van der Waals surface area contributed by atoms with E-state index in [1.165, 1.54) is 13.1 Å². The molecule has 0 unspecified atom stereocenters. The Kier molecular flexibility index (Phi) is 18.4. The predicted octanol–water partition coefficient (Wildman–Crippen LogP) is 1.70. The van der Waals surface area contributed by atoms with Gasteiger partial charge in [-0.25, -0.2) is 0 Å². The number of nitrogens with zero attached hydrogens (tertiary/aromatic N) is 2. The van der Waals surface area contributed by atoms with E-state index >= 15 is 0 Å². The number of hydrogen-bond acceptors (Lipinski definition) is 6. The van der Waals surface area contributed by atoms with Crippen LogP contribution in [-0.2, 0) is 14.2 Å². The van der Waals surface area contributed by atoms with E-state index in [0.29, 0.717) is 32.5 Å². The second-order valence-corrected chi connectivity index (χ2v) is 6.16. The standard InChI is InChI=1S/C17H37N3O3.C2H6/c1-4-18-5-11-21-13-15-23-16-14-22-12-10-19-6-8-20(9-7-19)17(2)3;1-2/h17-18H,4-16H2,1-3H3;1-2H3. The van der Waals surface area contributed by atoms with Gasteiger partial charge in [0.1, 0.15) is 0 Å². The van der Waals surface area contributed by atoms with Crippen molar-refractivity contribution < 1.29 is 14.2 Å². The molecule has 0 radical (unpaired) electrons. The quantitative estimate of drug-likeness (QED) is 0.475. The lowest BCUT2D eigenvalue weighted by Crippen LogP contribution is -2.49. The van der Waals surface area contributed by atoms with Gasteiger partial charge in [0.25, 0.3) is 0 Å². The third-order valence-corrected chi connectivity index (χ3v) is 4.11. The first-order chi connectivity index (χ1) is 12.2. The lowest BCUT2D eigenvalue weighted by molar-refractivity contribution is 0.00763. The Morgan fingerprint density at radius 2 is 1.32 bits per heavy atom. The Bertz CT molecular complexity index is 260. The van der Waals surface area contributed by atoms with Gasteiger partial charge in [-0.3, -0.25) is 9.80 Å². The van der Waals surface area contributed by atoms with Crippen LogP contribution < -0.4 is 5.32 Å². The molecule has 152 valence electrons. The Morgan fingerprint density at radius 1 is 0.800 bits per heavy atom. The first kappa shape index (κ1) is 24.8. The van der Waals surface area contributed by atoms with Gasteiger partial charge in [-0.15, -0.1) is 0 Å². The van der Waals surface area contributed by atoms with E-state index in [1.54, 1.807) is 0 Å². The molecule has 0 spiro atoms. The number of piperazine rings is 1. The SMILES string of the molecule is CC.CCNCCOCCOCCOCCN1CCN(C(C)C)CC1. The maximum absolute atomic E-state index is 5.64. The highest BCUT2D eigenvalue weighted by atomic mass is 16.5. The Morgan fingerprint density at radius 3 is 1.84 bits per heavy atom. The third kappa shape index (κ3) is 14.6. The van der Waals surface area contributed by atoms with Gasteiger partial charge in [-0.1, -0.05) is 20.8 Å². The van der Waals surface area contributed by atoms with Gasteiger partial charge >= 0.3 is 0 Å². The zero-order valence-corrected chi connectivity index (χ0v) is 17.4. The third-order valence-electron chi connectivity index (χ3n) is 4.11. The van der Waals surface area contributed by atoms with Crippen molar-refractivity contribution in [2.75, 3.05) is 85.5 Å². The summed E-state index contributed by atoms with van der Waals surface area (Å²) in [6, 6.07) is 0.664. The van der Waals surface area contributed by atoms with E-state index in [1.807, 2.05) is 13.8 Å².